The predicted octanol–water partition coefficient (Wildman–Crippen LogP) is 4.45. The Labute approximate surface area is 244 Å². The van der Waals surface area contributed by atoms with Gasteiger partial charge in [-0.25, -0.2) is 0 Å². The van der Waals surface area contributed by atoms with Crippen molar-refractivity contribution in [2.45, 2.75) is 65.5 Å². The van der Waals surface area contributed by atoms with Crippen molar-refractivity contribution in [3.8, 4) is 0 Å². The van der Waals surface area contributed by atoms with Gasteiger partial charge in [0.25, 0.3) is 5.91 Å². The van der Waals surface area contributed by atoms with Gasteiger partial charge in [-0.1, -0.05) is 29.0 Å². The highest BCUT2D eigenvalue weighted by molar-refractivity contribution is 5.92. The minimum absolute atomic E-state index is 0.0789. The van der Waals surface area contributed by atoms with Crippen LogP contribution in [0, 0.1) is 12.8 Å². The first-order valence-electron chi connectivity index (χ1n) is 14.5. The molecule has 2 aliphatic carbocycles. The lowest BCUT2D eigenvalue weighted by atomic mass is 9.95. The van der Waals surface area contributed by atoms with Crippen molar-refractivity contribution in [3.63, 3.8) is 0 Å². The van der Waals surface area contributed by atoms with E-state index in [0.717, 1.165) is 65.1 Å². The molecule has 6 rings (SSSR count). The molecule has 0 saturated heterocycles. The number of allylic oxidation sites excluding steroid dienone is 1. The van der Waals surface area contributed by atoms with E-state index < -0.39 is 0 Å². The van der Waals surface area contributed by atoms with Gasteiger partial charge in [0.15, 0.2) is 5.69 Å². The molecule has 3 aromatic heterocycles. The summed E-state index contributed by atoms with van der Waals surface area (Å²) in [6, 6.07) is 14.1. The van der Waals surface area contributed by atoms with Crippen LogP contribution in [0.1, 0.15) is 76.9 Å². The number of nitrogens with zero attached hydrogens (tertiary/aromatic N) is 6. The van der Waals surface area contributed by atoms with Gasteiger partial charge in [-0.2, -0.15) is 10.2 Å². The molecular weight excluding hydrogens is 528 g/mol. The zero-order chi connectivity index (χ0) is 29.1. The number of rotatable bonds is 11. The number of fused-ring (bicyclic) bond motifs is 1. The van der Waals surface area contributed by atoms with Crippen molar-refractivity contribution in [2.24, 2.45) is 5.92 Å². The van der Waals surface area contributed by atoms with Crippen molar-refractivity contribution in [1.82, 2.24) is 35.5 Å². The number of carbonyl (C=O) groups excluding carboxylic acids is 2. The quantitative estimate of drug-likeness (QED) is 0.259. The number of carbonyl (C=O) groups is 2. The van der Waals surface area contributed by atoms with Crippen molar-refractivity contribution in [1.29, 1.82) is 0 Å². The van der Waals surface area contributed by atoms with E-state index in [4.69, 9.17) is 0 Å². The SMILES string of the molecule is CC(=O)Nc1cccc(C2=C(C3CC3)Cc3nnc(CCCCn4cc(C(=O)NCc5ccc(C)nc5)nn4)cc32)c1. The fourth-order valence-electron chi connectivity index (χ4n) is 5.41. The van der Waals surface area contributed by atoms with Crippen molar-refractivity contribution in [3.05, 3.63) is 99.9 Å². The second kappa shape index (κ2) is 12.0. The van der Waals surface area contributed by atoms with Gasteiger partial charge < -0.3 is 10.6 Å². The highest BCUT2D eigenvalue weighted by atomic mass is 16.2. The third-order valence-corrected chi connectivity index (χ3v) is 7.68. The van der Waals surface area contributed by atoms with E-state index in [1.165, 1.54) is 30.9 Å². The number of nitrogens with one attached hydrogen (secondary N) is 2. The summed E-state index contributed by atoms with van der Waals surface area (Å²) >= 11 is 0. The van der Waals surface area contributed by atoms with E-state index in [1.807, 2.05) is 31.2 Å². The first kappa shape index (κ1) is 27.4. The smallest absolute Gasteiger partial charge is 0.273 e. The maximum Gasteiger partial charge on any atom is 0.273 e. The van der Waals surface area contributed by atoms with E-state index in [0.29, 0.717) is 24.7 Å². The zero-order valence-electron chi connectivity index (χ0n) is 23.9. The van der Waals surface area contributed by atoms with Crippen LogP contribution in [0.3, 0.4) is 0 Å². The molecule has 2 aliphatic rings. The van der Waals surface area contributed by atoms with Gasteiger partial charge in [0.1, 0.15) is 0 Å². The Morgan fingerprint density at radius 1 is 1.05 bits per heavy atom. The number of pyridine rings is 1. The van der Waals surface area contributed by atoms with Gasteiger partial charge in [0.2, 0.25) is 5.91 Å². The van der Waals surface area contributed by atoms with Crippen molar-refractivity contribution < 1.29 is 9.59 Å². The van der Waals surface area contributed by atoms with E-state index in [-0.39, 0.29) is 11.8 Å². The number of unbranched alkanes of at least 4 members (excludes halogenated alkanes) is 1. The van der Waals surface area contributed by atoms with E-state index in [2.05, 4.69) is 54.3 Å². The Hall–Kier alpha value is -4.73. The Morgan fingerprint density at radius 3 is 2.71 bits per heavy atom. The first-order chi connectivity index (χ1) is 20.4. The molecule has 0 unspecified atom stereocenters. The summed E-state index contributed by atoms with van der Waals surface area (Å²) in [4.78, 5) is 28.4. The summed E-state index contributed by atoms with van der Waals surface area (Å²) in [5.74, 6) is 0.272. The Balaban J connectivity index is 1.06. The lowest BCUT2D eigenvalue weighted by Gasteiger charge is -2.11. The topological polar surface area (TPSA) is 128 Å². The molecule has 10 heteroatoms. The largest absolute Gasteiger partial charge is 0.346 e. The number of amides is 2. The summed E-state index contributed by atoms with van der Waals surface area (Å²) in [7, 11) is 0. The van der Waals surface area contributed by atoms with Crippen LogP contribution in [0.15, 0.2) is 60.4 Å². The van der Waals surface area contributed by atoms with E-state index in [9.17, 15) is 9.59 Å². The fourth-order valence-corrected chi connectivity index (χ4v) is 5.41. The number of aryl methyl sites for hydroxylation is 3. The highest BCUT2D eigenvalue weighted by Crippen LogP contribution is 2.48. The normalized spacial score (nSPS) is 14.1. The number of hydrogen-bond donors (Lipinski definition) is 2. The summed E-state index contributed by atoms with van der Waals surface area (Å²) < 4.78 is 1.71. The summed E-state index contributed by atoms with van der Waals surface area (Å²) in [5, 5.41) is 23.1. The molecule has 1 fully saturated rings. The minimum Gasteiger partial charge on any atom is -0.346 e. The number of hydrogen-bond acceptors (Lipinski definition) is 7. The zero-order valence-corrected chi connectivity index (χ0v) is 23.9. The molecular formula is C32H34N8O2. The van der Waals surface area contributed by atoms with Crippen LogP contribution in [0.25, 0.3) is 5.57 Å². The molecule has 3 heterocycles. The fraction of sp³-hybridized carbons (Fsp3) is 0.344. The molecule has 0 bridgehead atoms. The van der Waals surface area contributed by atoms with Crippen molar-refractivity contribution in [2.75, 3.05) is 5.32 Å². The average molecular weight is 563 g/mol. The molecule has 10 nitrogen and oxygen atoms in total. The van der Waals surface area contributed by atoms with Crippen LogP contribution in [0.5, 0.6) is 0 Å². The Bertz CT molecular complexity index is 1650. The molecule has 214 valence electrons. The highest BCUT2D eigenvalue weighted by Gasteiger charge is 2.35. The lowest BCUT2D eigenvalue weighted by molar-refractivity contribution is -0.114. The molecule has 0 spiro atoms. The van der Waals surface area contributed by atoms with Crippen LogP contribution >= 0.6 is 0 Å². The molecule has 42 heavy (non-hydrogen) atoms. The third-order valence-electron chi connectivity index (χ3n) is 7.68. The second-order valence-electron chi connectivity index (χ2n) is 11.1. The van der Waals surface area contributed by atoms with Crippen LogP contribution in [0.2, 0.25) is 0 Å². The molecule has 0 atom stereocenters. The maximum atomic E-state index is 12.5. The van der Waals surface area contributed by atoms with Crippen LogP contribution < -0.4 is 10.6 Å². The maximum absolute atomic E-state index is 12.5. The molecule has 0 aliphatic heterocycles. The van der Waals surface area contributed by atoms with Crippen molar-refractivity contribution >= 4 is 23.1 Å². The van der Waals surface area contributed by atoms with Crippen LogP contribution in [0.4, 0.5) is 5.69 Å². The van der Waals surface area contributed by atoms with E-state index >= 15 is 0 Å². The Kier molecular flexibility index (Phi) is 7.85. The lowest BCUT2D eigenvalue weighted by Crippen LogP contribution is -2.23. The third kappa shape index (κ3) is 6.43. The van der Waals surface area contributed by atoms with Gasteiger partial charge >= 0.3 is 0 Å². The van der Waals surface area contributed by atoms with Crippen LogP contribution in [-0.2, 0) is 30.7 Å². The molecule has 4 aromatic rings. The average Bonchev–Trinajstić information content (AvgIpc) is 3.59. The predicted molar refractivity (Wildman–Crippen MR) is 158 cm³/mol. The monoisotopic (exact) mass is 562 g/mol. The number of anilines is 1. The minimum atomic E-state index is -0.257. The van der Waals surface area contributed by atoms with Gasteiger partial charge in [-0.15, -0.1) is 5.10 Å². The molecule has 0 radical (unpaired) electrons. The summed E-state index contributed by atoms with van der Waals surface area (Å²) in [5.41, 5.74) is 9.94. The number of benzene rings is 1. The van der Waals surface area contributed by atoms with Crippen LogP contribution in [-0.4, -0.2) is 42.0 Å². The molecule has 1 saturated carbocycles. The standard InChI is InChI=1S/C32H34N8O2/c1-20-9-10-22(17-33-20)18-34-32(42)30-19-40(39-38-30)13-4-3-7-26-15-28-29(37-36-26)16-27(23-11-12-23)31(28)24-6-5-8-25(14-24)35-21(2)41/h5-6,8-10,14-15,17,19,23H,3-4,7,11-13,16,18H2,1-2H3,(H,34,42)(H,35,41). The summed E-state index contributed by atoms with van der Waals surface area (Å²) in [6.07, 6.45) is 9.29. The number of aromatic nitrogens is 6. The molecule has 2 N–H and O–H groups in total. The first-order valence-corrected chi connectivity index (χ1v) is 14.5. The van der Waals surface area contributed by atoms with Gasteiger partial charge in [-0.3, -0.25) is 19.3 Å². The van der Waals surface area contributed by atoms with E-state index in [1.54, 1.807) is 17.1 Å². The Morgan fingerprint density at radius 2 is 1.93 bits per heavy atom. The molecule has 1 aromatic carbocycles. The molecule has 2 amide bonds. The van der Waals surface area contributed by atoms with Gasteiger partial charge in [0, 0.05) is 49.6 Å². The van der Waals surface area contributed by atoms with Gasteiger partial charge in [0.05, 0.1) is 17.6 Å². The second-order valence-corrected chi connectivity index (χ2v) is 11.1. The summed E-state index contributed by atoms with van der Waals surface area (Å²) in [6.45, 7) is 4.50. The van der Waals surface area contributed by atoms with Gasteiger partial charge in [-0.05, 0) is 85.9 Å².